The second-order valence-corrected chi connectivity index (χ2v) is 6.82. The van der Waals surface area contributed by atoms with E-state index in [0.29, 0.717) is 12.5 Å². The molecule has 0 bridgehead atoms. The normalized spacial score (nSPS) is 24.0. The van der Waals surface area contributed by atoms with Gasteiger partial charge in [0, 0.05) is 31.4 Å². The monoisotopic (exact) mass is 274 g/mol. The number of hydrogen-bond donors (Lipinski definition) is 2. The molecule has 0 unspecified atom stereocenters. The number of carbonyl (C=O) groups excluding carboxylic acids is 1. The van der Waals surface area contributed by atoms with Gasteiger partial charge in [0.15, 0.2) is 0 Å². The Morgan fingerprint density at radius 1 is 1.39 bits per heavy atom. The summed E-state index contributed by atoms with van der Waals surface area (Å²) in [5.74, 6) is 1.38. The van der Waals surface area contributed by atoms with Gasteiger partial charge in [-0.1, -0.05) is 20.8 Å². The fourth-order valence-electron chi connectivity index (χ4n) is 2.35. The van der Waals surface area contributed by atoms with E-state index in [9.17, 15) is 4.79 Å². The Hall–Kier alpha value is -0.420. The van der Waals surface area contributed by atoms with Crippen molar-refractivity contribution in [1.29, 1.82) is 0 Å². The molecule has 1 aliphatic rings. The third-order valence-electron chi connectivity index (χ3n) is 3.18. The first kappa shape index (κ1) is 15.6. The van der Waals surface area contributed by atoms with E-state index < -0.39 is 0 Å². The van der Waals surface area contributed by atoms with Crippen LogP contribution in [0.1, 0.15) is 27.2 Å². The number of thioether (sulfide) groups is 1. The molecule has 18 heavy (non-hydrogen) atoms. The molecule has 0 aromatic rings. The number of urea groups is 1. The highest BCUT2D eigenvalue weighted by atomic mass is 32.2. The van der Waals surface area contributed by atoms with Gasteiger partial charge in [-0.05, 0) is 18.1 Å². The van der Waals surface area contributed by atoms with Crippen LogP contribution < -0.4 is 10.6 Å². The predicted octanol–water partition coefficient (Wildman–Crippen LogP) is 2.10. The summed E-state index contributed by atoms with van der Waals surface area (Å²) in [5.41, 5.74) is 0.137. The van der Waals surface area contributed by atoms with E-state index in [1.54, 1.807) is 11.8 Å². The average Bonchev–Trinajstić information content (AvgIpc) is 2.74. The maximum absolute atomic E-state index is 11.6. The minimum atomic E-state index is -0.0661. The Morgan fingerprint density at radius 2 is 2.11 bits per heavy atom. The zero-order valence-corrected chi connectivity index (χ0v) is 12.7. The van der Waals surface area contributed by atoms with Crippen LogP contribution in [0.4, 0.5) is 4.79 Å². The molecule has 1 fully saturated rings. The summed E-state index contributed by atoms with van der Waals surface area (Å²) in [5, 5.41) is 5.80. The third kappa shape index (κ3) is 5.06. The molecule has 0 saturated carbocycles. The van der Waals surface area contributed by atoms with E-state index in [4.69, 9.17) is 4.74 Å². The number of carbonyl (C=O) groups is 1. The Balaban J connectivity index is 2.27. The van der Waals surface area contributed by atoms with E-state index in [1.165, 1.54) is 0 Å². The zero-order chi connectivity index (χ0) is 13.6. The van der Waals surface area contributed by atoms with Crippen LogP contribution >= 0.6 is 11.8 Å². The molecule has 0 aromatic carbocycles. The molecule has 4 nitrogen and oxygen atoms in total. The lowest BCUT2D eigenvalue weighted by Crippen LogP contribution is -2.42. The van der Waals surface area contributed by atoms with Crippen molar-refractivity contribution >= 4 is 17.8 Å². The highest BCUT2D eigenvalue weighted by molar-refractivity contribution is 7.98. The van der Waals surface area contributed by atoms with Crippen molar-refractivity contribution in [2.45, 2.75) is 33.3 Å². The van der Waals surface area contributed by atoms with Gasteiger partial charge in [-0.15, -0.1) is 0 Å². The van der Waals surface area contributed by atoms with Crippen LogP contribution in [0.3, 0.4) is 0 Å². The number of rotatable bonds is 5. The Morgan fingerprint density at radius 3 is 2.72 bits per heavy atom. The minimum absolute atomic E-state index is 0.0661. The molecule has 0 aliphatic carbocycles. The van der Waals surface area contributed by atoms with Crippen LogP contribution in [-0.4, -0.2) is 43.8 Å². The van der Waals surface area contributed by atoms with Gasteiger partial charge in [0.25, 0.3) is 0 Å². The summed E-state index contributed by atoms with van der Waals surface area (Å²) in [7, 11) is 0. The molecular formula is C13H26N2O2S. The molecule has 1 saturated heterocycles. The van der Waals surface area contributed by atoms with Gasteiger partial charge < -0.3 is 15.4 Å². The third-order valence-corrected chi connectivity index (χ3v) is 3.80. The van der Waals surface area contributed by atoms with Crippen molar-refractivity contribution in [3.8, 4) is 0 Å². The van der Waals surface area contributed by atoms with Crippen molar-refractivity contribution in [3.05, 3.63) is 0 Å². The Labute approximate surface area is 115 Å². The first-order chi connectivity index (χ1) is 8.45. The highest BCUT2D eigenvalue weighted by Crippen LogP contribution is 2.34. The first-order valence-corrected chi connectivity index (χ1v) is 7.96. The van der Waals surface area contributed by atoms with Crippen LogP contribution in [0.25, 0.3) is 0 Å². The highest BCUT2D eigenvalue weighted by Gasteiger charge is 2.37. The Bertz CT molecular complexity index is 266. The summed E-state index contributed by atoms with van der Waals surface area (Å²) in [6.07, 6.45) is 3.31. The van der Waals surface area contributed by atoms with Crippen LogP contribution in [-0.2, 0) is 4.74 Å². The number of amides is 2. The summed E-state index contributed by atoms with van der Waals surface area (Å²) >= 11 is 1.73. The standard InChI is InChI=1S/C13H26N2O2S/c1-13(2,3)11-10(5-7-17-11)9-15-12(16)14-6-8-18-4/h10-11H,5-9H2,1-4H3,(H2,14,15,16)/t10-,11+/m1/s1. The molecule has 1 aliphatic heterocycles. The lowest BCUT2D eigenvalue weighted by atomic mass is 9.81. The summed E-state index contributed by atoms with van der Waals surface area (Å²) in [6, 6.07) is -0.0661. The quantitative estimate of drug-likeness (QED) is 0.755. The lowest BCUT2D eigenvalue weighted by Gasteiger charge is -2.31. The van der Waals surface area contributed by atoms with E-state index in [-0.39, 0.29) is 17.6 Å². The molecule has 2 N–H and O–H groups in total. The fourth-order valence-corrected chi connectivity index (χ4v) is 2.66. The summed E-state index contributed by atoms with van der Waals surface area (Å²) in [6.45, 7) is 8.80. The van der Waals surface area contributed by atoms with Gasteiger partial charge in [0.2, 0.25) is 0 Å². The second kappa shape index (κ2) is 7.24. The van der Waals surface area contributed by atoms with Gasteiger partial charge in [-0.2, -0.15) is 11.8 Å². The minimum Gasteiger partial charge on any atom is -0.377 e. The van der Waals surface area contributed by atoms with E-state index in [1.807, 2.05) is 6.26 Å². The lowest BCUT2D eigenvalue weighted by molar-refractivity contribution is 0.00775. The van der Waals surface area contributed by atoms with Crippen LogP contribution in [0.5, 0.6) is 0 Å². The number of nitrogens with one attached hydrogen (secondary N) is 2. The molecule has 1 rings (SSSR count). The molecule has 0 aromatic heterocycles. The maximum Gasteiger partial charge on any atom is 0.314 e. The largest absolute Gasteiger partial charge is 0.377 e. The topological polar surface area (TPSA) is 50.4 Å². The maximum atomic E-state index is 11.6. The summed E-state index contributed by atoms with van der Waals surface area (Å²) < 4.78 is 5.79. The molecule has 2 atom stereocenters. The van der Waals surface area contributed by atoms with Gasteiger partial charge in [0.05, 0.1) is 6.10 Å². The van der Waals surface area contributed by atoms with E-state index in [0.717, 1.165) is 25.3 Å². The smallest absolute Gasteiger partial charge is 0.314 e. The Kier molecular flexibility index (Phi) is 6.29. The molecule has 1 heterocycles. The molecular weight excluding hydrogens is 248 g/mol. The van der Waals surface area contributed by atoms with E-state index >= 15 is 0 Å². The van der Waals surface area contributed by atoms with Crippen molar-refractivity contribution in [2.24, 2.45) is 11.3 Å². The van der Waals surface area contributed by atoms with Crippen molar-refractivity contribution in [3.63, 3.8) is 0 Å². The van der Waals surface area contributed by atoms with Crippen LogP contribution in [0.15, 0.2) is 0 Å². The number of ether oxygens (including phenoxy) is 1. The van der Waals surface area contributed by atoms with Gasteiger partial charge >= 0.3 is 6.03 Å². The molecule has 106 valence electrons. The van der Waals surface area contributed by atoms with Crippen molar-refractivity contribution in [2.75, 3.05) is 31.7 Å². The number of hydrogen-bond acceptors (Lipinski definition) is 3. The SMILES string of the molecule is CSCCNC(=O)NC[C@H]1CCO[C@@H]1C(C)(C)C. The zero-order valence-electron chi connectivity index (χ0n) is 11.9. The van der Waals surface area contributed by atoms with E-state index in [2.05, 4.69) is 31.4 Å². The van der Waals surface area contributed by atoms with Gasteiger partial charge in [-0.3, -0.25) is 0 Å². The average molecular weight is 274 g/mol. The fraction of sp³-hybridized carbons (Fsp3) is 0.923. The van der Waals surface area contributed by atoms with Crippen LogP contribution in [0, 0.1) is 11.3 Å². The van der Waals surface area contributed by atoms with Gasteiger partial charge in [0.1, 0.15) is 0 Å². The van der Waals surface area contributed by atoms with Crippen molar-refractivity contribution in [1.82, 2.24) is 10.6 Å². The van der Waals surface area contributed by atoms with Crippen molar-refractivity contribution < 1.29 is 9.53 Å². The van der Waals surface area contributed by atoms with Crippen LogP contribution in [0.2, 0.25) is 0 Å². The molecule has 2 amide bonds. The second-order valence-electron chi connectivity index (χ2n) is 5.84. The molecule has 0 radical (unpaired) electrons. The van der Waals surface area contributed by atoms with Gasteiger partial charge in [-0.25, -0.2) is 4.79 Å². The molecule has 0 spiro atoms. The summed E-state index contributed by atoms with van der Waals surface area (Å²) in [4.78, 5) is 11.6. The first-order valence-electron chi connectivity index (χ1n) is 6.57. The predicted molar refractivity (Wildman–Crippen MR) is 77.1 cm³/mol. The molecule has 5 heteroatoms.